The number of nitrogens with zero attached hydrogens (tertiary/aromatic N) is 6. The van der Waals surface area contributed by atoms with Crippen LogP contribution in [0.1, 0.15) is 69.8 Å². The first-order chi connectivity index (χ1) is 26.6. The Morgan fingerprint density at radius 2 is 1.76 bits per heavy atom. The van der Waals surface area contributed by atoms with Gasteiger partial charge >= 0.3 is 5.97 Å². The van der Waals surface area contributed by atoms with Crippen molar-refractivity contribution in [2.45, 2.75) is 64.1 Å². The third kappa shape index (κ3) is 8.02. The number of hydrogen-bond acceptors (Lipinski definition) is 11. The number of amides is 1. The van der Waals surface area contributed by atoms with Crippen molar-refractivity contribution in [3.63, 3.8) is 0 Å². The van der Waals surface area contributed by atoms with Crippen molar-refractivity contribution >= 4 is 54.2 Å². The fraction of sp³-hybridized carbons (Fsp3) is 0.425. The van der Waals surface area contributed by atoms with E-state index in [4.69, 9.17) is 14.8 Å². The molecule has 2 aromatic carbocycles. The number of aromatic carboxylic acids is 1. The van der Waals surface area contributed by atoms with Gasteiger partial charge in [-0.25, -0.2) is 23.2 Å². The smallest absolute Gasteiger partial charge is 0.355 e. The average Bonchev–Trinajstić information content (AvgIpc) is 3.76. The summed E-state index contributed by atoms with van der Waals surface area (Å²) in [6.45, 7) is 5.79. The van der Waals surface area contributed by atoms with Crippen LogP contribution in [0.5, 0.6) is 0 Å². The number of carboxylic acid groups (broad SMARTS) is 1. The molecule has 288 valence electrons. The lowest BCUT2D eigenvalue weighted by molar-refractivity contribution is -0.0879. The maximum Gasteiger partial charge on any atom is 0.355 e. The molecule has 1 saturated carbocycles. The minimum absolute atomic E-state index is 0.0556. The summed E-state index contributed by atoms with van der Waals surface area (Å²) >= 11 is 1.43. The van der Waals surface area contributed by atoms with Crippen LogP contribution >= 0.6 is 11.3 Å². The van der Waals surface area contributed by atoms with E-state index in [1.54, 1.807) is 6.20 Å². The van der Waals surface area contributed by atoms with Gasteiger partial charge in [-0.05, 0) is 67.6 Å². The summed E-state index contributed by atoms with van der Waals surface area (Å²) < 4.78 is 33.3. The molecule has 55 heavy (non-hydrogen) atoms. The van der Waals surface area contributed by atoms with Gasteiger partial charge in [0.05, 0.1) is 46.7 Å². The number of sulfone groups is 1. The number of pyridine rings is 1. The molecule has 3 aliphatic rings. The number of para-hydroxylation sites is 1. The zero-order chi connectivity index (χ0) is 38.2. The van der Waals surface area contributed by atoms with Crippen LogP contribution in [0, 0.1) is 6.92 Å². The maximum absolute atomic E-state index is 13.6. The van der Waals surface area contributed by atoms with Gasteiger partial charge < -0.3 is 14.7 Å². The van der Waals surface area contributed by atoms with Gasteiger partial charge in [0.1, 0.15) is 5.82 Å². The number of ether oxygens (including phenoxy) is 1. The van der Waals surface area contributed by atoms with Crippen molar-refractivity contribution in [2.75, 3.05) is 54.5 Å². The van der Waals surface area contributed by atoms with E-state index in [0.29, 0.717) is 79.9 Å². The van der Waals surface area contributed by atoms with Gasteiger partial charge in [0, 0.05) is 55.1 Å². The van der Waals surface area contributed by atoms with Gasteiger partial charge in [-0.15, -0.1) is 0 Å². The lowest BCUT2D eigenvalue weighted by Crippen LogP contribution is -2.45. The molecule has 0 radical (unpaired) electrons. The normalized spacial score (nSPS) is 18.2. The Kier molecular flexibility index (Phi) is 10.5. The predicted molar refractivity (Wildman–Crippen MR) is 213 cm³/mol. The molecule has 1 saturated heterocycles. The zero-order valence-corrected chi connectivity index (χ0v) is 32.5. The molecule has 0 spiro atoms. The first-order valence-corrected chi connectivity index (χ1v) is 21.6. The van der Waals surface area contributed by atoms with E-state index in [1.165, 1.54) is 11.3 Å². The van der Waals surface area contributed by atoms with Crippen LogP contribution in [0.25, 0.3) is 21.3 Å². The van der Waals surface area contributed by atoms with Crippen LogP contribution in [-0.2, 0) is 34.1 Å². The highest BCUT2D eigenvalue weighted by atomic mass is 32.2. The van der Waals surface area contributed by atoms with Gasteiger partial charge in [0.15, 0.2) is 20.7 Å². The highest BCUT2D eigenvalue weighted by Gasteiger charge is 2.35. The SMILES string of the molecule is Cc1c(-c2ccc(N3CCc4cccc(C(=O)Nc5nc6ccccc6s5)c4C3)nc2C(=O)O)cnn1CC1(OCCN2CCS(=O)(=O)CC2)CCCCC1. The van der Waals surface area contributed by atoms with Gasteiger partial charge in [0.25, 0.3) is 5.91 Å². The van der Waals surface area contributed by atoms with Crippen molar-refractivity contribution in [3.05, 3.63) is 88.9 Å². The molecule has 0 unspecified atom stereocenters. The predicted octanol–water partition coefficient (Wildman–Crippen LogP) is 5.83. The number of anilines is 2. The monoisotopic (exact) mass is 783 g/mol. The molecule has 1 aliphatic carbocycles. The van der Waals surface area contributed by atoms with Gasteiger partial charge in [-0.2, -0.15) is 5.10 Å². The van der Waals surface area contributed by atoms with Crippen molar-refractivity contribution < 1.29 is 27.9 Å². The standard InChI is InChI=1S/C40H45N7O6S2/c1-27-31(24-41-47(27)26-40(15-5-2-6-16-40)53-21-18-45-19-22-55(51,52)23-20-45)29-12-13-35(43-36(29)38(49)50)46-17-14-28-8-7-9-30(32(28)25-46)37(48)44-39-42-33-10-3-4-11-34(33)54-39/h3-4,7-13,24H,2,5-6,14-23,25-26H2,1H3,(H,49,50)(H,42,44,48). The van der Waals surface area contributed by atoms with Crippen molar-refractivity contribution in [3.8, 4) is 11.1 Å². The quantitative estimate of drug-likeness (QED) is 0.166. The second kappa shape index (κ2) is 15.4. The third-order valence-corrected chi connectivity index (χ3v) is 13.8. The Hall–Kier alpha value is -4.70. The summed E-state index contributed by atoms with van der Waals surface area (Å²) in [5.41, 5.74) is 4.93. The molecule has 13 nitrogen and oxygen atoms in total. The Labute approximate surface area is 324 Å². The first-order valence-electron chi connectivity index (χ1n) is 18.9. The minimum Gasteiger partial charge on any atom is -0.476 e. The van der Waals surface area contributed by atoms with Crippen LogP contribution in [0.2, 0.25) is 0 Å². The lowest BCUT2D eigenvalue weighted by atomic mass is 9.84. The second-order valence-corrected chi connectivity index (χ2v) is 18.1. The number of nitrogens with one attached hydrogen (secondary N) is 1. The van der Waals surface area contributed by atoms with E-state index < -0.39 is 21.4 Å². The molecule has 0 atom stereocenters. The van der Waals surface area contributed by atoms with E-state index in [2.05, 4.69) is 15.2 Å². The van der Waals surface area contributed by atoms with Crippen molar-refractivity contribution in [1.29, 1.82) is 0 Å². The molecule has 5 heterocycles. The first kappa shape index (κ1) is 37.2. The number of hydrogen-bond donors (Lipinski definition) is 2. The van der Waals surface area contributed by atoms with Gasteiger partial charge in [-0.3, -0.25) is 19.7 Å². The third-order valence-electron chi connectivity index (χ3n) is 11.3. The number of fused-ring (bicyclic) bond motifs is 2. The summed E-state index contributed by atoms with van der Waals surface area (Å²) in [5.74, 6) is -0.451. The largest absolute Gasteiger partial charge is 0.476 e. The minimum atomic E-state index is -2.94. The number of thiazole rings is 1. The Morgan fingerprint density at radius 3 is 2.55 bits per heavy atom. The molecule has 0 bridgehead atoms. The van der Waals surface area contributed by atoms with Crippen molar-refractivity contribution in [2.24, 2.45) is 0 Å². The van der Waals surface area contributed by atoms with E-state index in [-0.39, 0.29) is 23.1 Å². The highest BCUT2D eigenvalue weighted by Crippen LogP contribution is 2.36. The van der Waals surface area contributed by atoms with E-state index in [9.17, 15) is 23.1 Å². The summed E-state index contributed by atoms with van der Waals surface area (Å²) in [4.78, 5) is 39.8. The molecule has 3 aromatic heterocycles. The number of benzene rings is 2. The topological polar surface area (TPSA) is 160 Å². The molecule has 1 amide bonds. The van der Waals surface area contributed by atoms with Gasteiger partial charge in [0.2, 0.25) is 0 Å². The number of carbonyl (C=O) groups is 2. The van der Waals surface area contributed by atoms with Crippen LogP contribution in [0.15, 0.2) is 60.8 Å². The van der Waals surface area contributed by atoms with E-state index in [1.807, 2.05) is 71.1 Å². The van der Waals surface area contributed by atoms with Crippen LogP contribution in [0.4, 0.5) is 10.9 Å². The summed E-state index contributed by atoms with van der Waals surface area (Å²) in [6.07, 6.45) is 7.46. The summed E-state index contributed by atoms with van der Waals surface area (Å²) in [6, 6.07) is 17.2. The van der Waals surface area contributed by atoms with E-state index >= 15 is 0 Å². The molecule has 15 heteroatoms. The fourth-order valence-corrected chi connectivity index (χ4v) is 10.3. The lowest BCUT2D eigenvalue weighted by Gasteiger charge is -2.38. The van der Waals surface area contributed by atoms with Crippen LogP contribution < -0.4 is 10.2 Å². The highest BCUT2D eigenvalue weighted by molar-refractivity contribution is 7.91. The fourth-order valence-electron chi connectivity index (χ4n) is 8.14. The molecule has 5 aromatic rings. The molecule has 2 aliphatic heterocycles. The Morgan fingerprint density at radius 1 is 0.964 bits per heavy atom. The maximum atomic E-state index is 13.6. The molecule has 2 fully saturated rings. The Bertz CT molecular complexity index is 2300. The molecule has 8 rings (SSSR count). The van der Waals surface area contributed by atoms with Gasteiger partial charge in [-0.1, -0.05) is 54.9 Å². The number of aromatic nitrogens is 4. The average molecular weight is 784 g/mol. The van der Waals surface area contributed by atoms with Crippen LogP contribution in [0.3, 0.4) is 0 Å². The second-order valence-electron chi connectivity index (χ2n) is 14.8. The summed E-state index contributed by atoms with van der Waals surface area (Å²) in [7, 11) is -2.94. The Balaban J connectivity index is 0.987. The molecular formula is C40H45N7O6S2. The zero-order valence-electron chi connectivity index (χ0n) is 30.9. The molecular weight excluding hydrogens is 739 g/mol. The summed E-state index contributed by atoms with van der Waals surface area (Å²) in [5, 5.41) is 18.7. The van der Waals surface area contributed by atoms with Crippen molar-refractivity contribution in [1.82, 2.24) is 24.6 Å². The number of carboxylic acids is 1. The molecule has 2 N–H and O–H groups in total. The number of carbonyl (C=O) groups excluding carboxylic acids is 1. The van der Waals surface area contributed by atoms with E-state index in [0.717, 1.165) is 59.1 Å². The van der Waals surface area contributed by atoms with Crippen LogP contribution in [-0.4, -0.2) is 99.9 Å². The number of rotatable bonds is 11.